The first kappa shape index (κ1) is 11.7. The van der Waals surface area contributed by atoms with Crippen LogP contribution in [-0.4, -0.2) is 17.6 Å². The average molecular weight is 239 g/mol. The summed E-state index contributed by atoms with van der Waals surface area (Å²) in [6, 6.07) is 2.64. The molecule has 0 aromatic carbocycles. The van der Waals surface area contributed by atoms with Crippen LogP contribution in [0.5, 0.6) is 0 Å². The summed E-state index contributed by atoms with van der Waals surface area (Å²) < 4.78 is 0. The molecular formula is C13H19ClN2. The summed E-state index contributed by atoms with van der Waals surface area (Å²) in [6.45, 7) is 5.19. The molecule has 3 heteroatoms. The quantitative estimate of drug-likeness (QED) is 0.796. The average Bonchev–Trinajstić information content (AvgIpc) is 2.75. The van der Waals surface area contributed by atoms with E-state index in [1.807, 2.05) is 19.2 Å². The summed E-state index contributed by atoms with van der Waals surface area (Å²) in [5.41, 5.74) is 1.12. The number of pyridine rings is 1. The normalized spacial score (nSPS) is 16.7. The first-order valence-corrected chi connectivity index (χ1v) is 6.49. The molecule has 0 N–H and O–H groups in total. The van der Waals surface area contributed by atoms with Crippen molar-refractivity contribution < 1.29 is 0 Å². The lowest BCUT2D eigenvalue weighted by Gasteiger charge is -2.29. The first-order chi connectivity index (χ1) is 7.72. The van der Waals surface area contributed by atoms with E-state index in [1.165, 1.54) is 25.7 Å². The van der Waals surface area contributed by atoms with Gasteiger partial charge in [-0.05, 0) is 38.3 Å². The van der Waals surface area contributed by atoms with Crippen molar-refractivity contribution >= 4 is 17.4 Å². The number of halogens is 1. The van der Waals surface area contributed by atoms with Crippen molar-refractivity contribution in [2.75, 3.05) is 11.4 Å². The fraction of sp³-hybridized carbons (Fsp3) is 0.615. The zero-order chi connectivity index (χ0) is 11.5. The van der Waals surface area contributed by atoms with E-state index in [1.54, 1.807) is 0 Å². The molecular weight excluding hydrogens is 220 g/mol. The standard InChI is InChI=1S/C13H19ClN2/c1-3-16(11-6-4-5-7-11)13-12(14)8-10(2)9-15-13/h8-9,11H,3-7H2,1-2H3. The lowest BCUT2D eigenvalue weighted by atomic mass is 10.2. The molecule has 0 unspecified atom stereocenters. The number of aromatic nitrogens is 1. The number of hydrogen-bond donors (Lipinski definition) is 0. The highest BCUT2D eigenvalue weighted by atomic mass is 35.5. The van der Waals surface area contributed by atoms with Gasteiger partial charge in [0.1, 0.15) is 5.82 Å². The van der Waals surface area contributed by atoms with E-state index in [0.717, 1.165) is 22.9 Å². The van der Waals surface area contributed by atoms with Crippen molar-refractivity contribution in [3.8, 4) is 0 Å². The molecule has 1 saturated carbocycles. The van der Waals surface area contributed by atoms with Gasteiger partial charge in [0, 0.05) is 18.8 Å². The zero-order valence-corrected chi connectivity index (χ0v) is 10.8. The molecule has 0 radical (unpaired) electrons. The third-order valence-electron chi connectivity index (χ3n) is 3.34. The molecule has 1 aliphatic rings. The molecule has 0 spiro atoms. The van der Waals surface area contributed by atoms with Crippen LogP contribution in [0.15, 0.2) is 12.3 Å². The maximum atomic E-state index is 6.28. The minimum absolute atomic E-state index is 0.637. The third-order valence-corrected chi connectivity index (χ3v) is 3.61. The fourth-order valence-corrected chi connectivity index (χ4v) is 2.86. The summed E-state index contributed by atoms with van der Waals surface area (Å²) in [4.78, 5) is 6.84. The zero-order valence-electron chi connectivity index (χ0n) is 10.0. The summed E-state index contributed by atoms with van der Waals surface area (Å²) >= 11 is 6.28. The van der Waals surface area contributed by atoms with Crippen molar-refractivity contribution in [1.82, 2.24) is 4.98 Å². The van der Waals surface area contributed by atoms with Gasteiger partial charge >= 0.3 is 0 Å². The summed E-state index contributed by atoms with van der Waals surface area (Å²) in [6.07, 6.45) is 7.13. The van der Waals surface area contributed by atoms with Gasteiger partial charge in [-0.25, -0.2) is 4.98 Å². The Morgan fingerprint density at radius 3 is 2.69 bits per heavy atom. The monoisotopic (exact) mass is 238 g/mol. The molecule has 2 rings (SSSR count). The number of rotatable bonds is 3. The van der Waals surface area contributed by atoms with E-state index in [-0.39, 0.29) is 0 Å². The van der Waals surface area contributed by atoms with Gasteiger partial charge in [0.15, 0.2) is 0 Å². The van der Waals surface area contributed by atoms with Crippen molar-refractivity contribution in [2.24, 2.45) is 0 Å². The molecule has 1 heterocycles. The van der Waals surface area contributed by atoms with Crippen LogP contribution >= 0.6 is 11.6 Å². The van der Waals surface area contributed by atoms with Crippen LogP contribution < -0.4 is 4.90 Å². The molecule has 1 aromatic heterocycles. The fourth-order valence-electron chi connectivity index (χ4n) is 2.53. The number of anilines is 1. The molecule has 2 nitrogen and oxygen atoms in total. The van der Waals surface area contributed by atoms with Crippen molar-refractivity contribution in [3.05, 3.63) is 22.8 Å². The van der Waals surface area contributed by atoms with E-state index in [9.17, 15) is 0 Å². The minimum atomic E-state index is 0.637. The Kier molecular flexibility index (Phi) is 3.70. The molecule has 88 valence electrons. The van der Waals surface area contributed by atoms with Crippen molar-refractivity contribution in [3.63, 3.8) is 0 Å². The molecule has 0 saturated heterocycles. The molecule has 1 fully saturated rings. The number of aryl methyl sites for hydroxylation is 1. The van der Waals surface area contributed by atoms with E-state index in [4.69, 9.17) is 11.6 Å². The molecule has 0 bridgehead atoms. The lowest BCUT2D eigenvalue weighted by Crippen LogP contribution is -2.33. The summed E-state index contributed by atoms with van der Waals surface area (Å²) in [5.74, 6) is 0.960. The van der Waals surface area contributed by atoms with E-state index < -0.39 is 0 Å². The Morgan fingerprint density at radius 2 is 2.12 bits per heavy atom. The van der Waals surface area contributed by atoms with Crippen LogP contribution in [0.2, 0.25) is 5.02 Å². The van der Waals surface area contributed by atoms with Crippen molar-refractivity contribution in [1.29, 1.82) is 0 Å². The summed E-state index contributed by atoms with van der Waals surface area (Å²) in [7, 11) is 0. The Morgan fingerprint density at radius 1 is 1.44 bits per heavy atom. The van der Waals surface area contributed by atoms with Crippen LogP contribution in [0.25, 0.3) is 0 Å². The van der Waals surface area contributed by atoms with Crippen LogP contribution in [0.4, 0.5) is 5.82 Å². The van der Waals surface area contributed by atoms with E-state index in [0.29, 0.717) is 6.04 Å². The van der Waals surface area contributed by atoms with Gasteiger partial charge in [-0.15, -0.1) is 0 Å². The van der Waals surface area contributed by atoms with Gasteiger partial charge in [-0.3, -0.25) is 0 Å². The maximum absolute atomic E-state index is 6.28. The maximum Gasteiger partial charge on any atom is 0.147 e. The SMILES string of the molecule is CCN(c1ncc(C)cc1Cl)C1CCCC1. The van der Waals surface area contributed by atoms with Crippen LogP contribution in [0.1, 0.15) is 38.2 Å². The Labute approximate surface area is 103 Å². The Hall–Kier alpha value is -0.760. The second-order valence-electron chi connectivity index (χ2n) is 4.54. The van der Waals surface area contributed by atoms with Gasteiger partial charge in [-0.2, -0.15) is 0 Å². The molecule has 0 atom stereocenters. The highest BCUT2D eigenvalue weighted by molar-refractivity contribution is 6.33. The largest absolute Gasteiger partial charge is 0.353 e. The van der Waals surface area contributed by atoms with Gasteiger partial charge in [0.25, 0.3) is 0 Å². The second-order valence-corrected chi connectivity index (χ2v) is 4.95. The highest BCUT2D eigenvalue weighted by Crippen LogP contribution is 2.31. The predicted molar refractivity (Wildman–Crippen MR) is 69.3 cm³/mol. The van der Waals surface area contributed by atoms with E-state index >= 15 is 0 Å². The number of hydrogen-bond acceptors (Lipinski definition) is 2. The van der Waals surface area contributed by atoms with Gasteiger partial charge in [0.05, 0.1) is 5.02 Å². The molecule has 1 aliphatic carbocycles. The third kappa shape index (κ3) is 2.32. The lowest BCUT2D eigenvalue weighted by molar-refractivity contribution is 0.613. The molecule has 16 heavy (non-hydrogen) atoms. The molecule has 0 amide bonds. The number of nitrogens with zero attached hydrogens (tertiary/aromatic N) is 2. The highest BCUT2D eigenvalue weighted by Gasteiger charge is 2.23. The van der Waals surface area contributed by atoms with Gasteiger partial charge in [0.2, 0.25) is 0 Å². The Balaban J connectivity index is 2.25. The topological polar surface area (TPSA) is 16.1 Å². The second kappa shape index (κ2) is 5.05. The van der Waals surface area contributed by atoms with Crippen LogP contribution in [0.3, 0.4) is 0 Å². The van der Waals surface area contributed by atoms with E-state index in [2.05, 4.69) is 16.8 Å². The molecule has 1 aromatic rings. The Bertz CT molecular complexity index is 359. The van der Waals surface area contributed by atoms with Gasteiger partial charge in [-0.1, -0.05) is 24.4 Å². The summed E-state index contributed by atoms with van der Waals surface area (Å²) in [5, 5.41) is 0.786. The first-order valence-electron chi connectivity index (χ1n) is 6.11. The smallest absolute Gasteiger partial charge is 0.147 e. The molecule has 0 aliphatic heterocycles. The minimum Gasteiger partial charge on any atom is -0.353 e. The van der Waals surface area contributed by atoms with Gasteiger partial charge < -0.3 is 4.90 Å². The van der Waals surface area contributed by atoms with Crippen molar-refractivity contribution in [2.45, 2.75) is 45.6 Å². The van der Waals surface area contributed by atoms with Crippen LogP contribution in [-0.2, 0) is 0 Å². The van der Waals surface area contributed by atoms with Crippen LogP contribution in [0, 0.1) is 6.92 Å². The predicted octanol–water partition coefficient (Wildman–Crippen LogP) is 3.81.